The lowest BCUT2D eigenvalue weighted by atomic mass is 10.6. The van der Waals surface area contributed by atoms with E-state index in [-0.39, 0.29) is 0 Å². The van der Waals surface area contributed by atoms with E-state index < -0.39 is 0 Å². The minimum absolute atomic E-state index is 0.668. The van der Waals surface area contributed by atoms with E-state index in [1.54, 1.807) is 0 Å². The Bertz CT molecular complexity index is 66.1. The van der Waals surface area contributed by atoms with Gasteiger partial charge in [-0.15, -0.1) is 0 Å². The van der Waals surface area contributed by atoms with Gasteiger partial charge in [-0.1, -0.05) is 25.8 Å². The maximum absolute atomic E-state index is 5.35. The summed E-state index contributed by atoms with van der Waals surface area (Å²) in [4.78, 5) is 0. The third-order valence-electron chi connectivity index (χ3n) is 0.835. The van der Waals surface area contributed by atoms with Crippen LogP contribution in [0.2, 0.25) is 0 Å². The van der Waals surface area contributed by atoms with Crippen molar-refractivity contribution >= 4 is 11.9 Å². The van der Waals surface area contributed by atoms with Gasteiger partial charge in [-0.2, -0.15) is 0 Å². The summed E-state index contributed by atoms with van der Waals surface area (Å²) >= 11 is 1.83. The Morgan fingerprint density at radius 3 is 2.44 bits per heavy atom. The predicted molar refractivity (Wildman–Crippen MR) is 44.4 cm³/mol. The minimum atomic E-state index is 0.668. The molecule has 2 nitrogen and oxygen atoms in total. The molecule has 0 spiro atoms. The highest BCUT2D eigenvalue weighted by atomic mass is 32.2. The number of hydrogen-bond donors (Lipinski definition) is 1. The van der Waals surface area contributed by atoms with Crippen molar-refractivity contribution in [1.29, 1.82) is 0 Å². The average Bonchev–Trinajstić information content (AvgIpc) is 1.63. The second kappa shape index (κ2) is 5.09. The fraction of sp³-hybridized carbons (Fsp3) is 1.00. The van der Waals surface area contributed by atoms with Crippen LogP contribution in [-0.2, 0) is 0 Å². The molecule has 0 bridgehead atoms. The zero-order valence-electron chi connectivity index (χ0n) is 6.42. The number of likely N-dealkylation sites (N-methyl/N-ethyl adjacent to an activating group) is 1. The minimum Gasteiger partial charge on any atom is -0.329 e. The number of nitrogens with two attached hydrogens (primary N) is 1. The zero-order chi connectivity index (χ0) is 7.28. The first kappa shape index (κ1) is 9.27. The highest BCUT2D eigenvalue weighted by Gasteiger charge is 1.98. The molecule has 56 valence electrons. The van der Waals surface area contributed by atoms with Gasteiger partial charge in [0, 0.05) is 18.3 Å². The fourth-order valence-corrected chi connectivity index (χ4v) is 1.52. The first-order valence-corrected chi connectivity index (χ1v) is 4.08. The normalized spacial score (nSPS) is 11.3. The fourth-order valence-electron chi connectivity index (χ4n) is 0.594. The van der Waals surface area contributed by atoms with Gasteiger partial charge in [-0.05, 0) is 7.05 Å². The third kappa shape index (κ3) is 6.15. The van der Waals surface area contributed by atoms with E-state index in [0.29, 0.717) is 5.25 Å². The molecule has 0 heterocycles. The largest absolute Gasteiger partial charge is 0.329 e. The van der Waals surface area contributed by atoms with E-state index in [1.165, 1.54) is 0 Å². The average molecular weight is 148 g/mol. The summed E-state index contributed by atoms with van der Waals surface area (Å²) in [6.07, 6.45) is 0. The highest BCUT2D eigenvalue weighted by molar-refractivity contribution is 7.97. The van der Waals surface area contributed by atoms with Gasteiger partial charge in [0.15, 0.2) is 0 Å². The molecule has 0 aromatic carbocycles. The molecule has 0 saturated carbocycles. The summed E-state index contributed by atoms with van der Waals surface area (Å²) < 4.78 is 2.17. The maximum atomic E-state index is 5.35. The maximum Gasteiger partial charge on any atom is 0.0209 e. The van der Waals surface area contributed by atoms with E-state index in [4.69, 9.17) is 5.73 Å². The van der Waals surface area contributed by atoms with Crippen LogP contribution in [0.4, 0.5) is 0 Å². The van der Waals surface area contributed by atoms with Gasteiger partial charge in [0.2, 0.25) is 0 Å². The molecule has 0 saturated heterocycles. The number of hydrogen-bond acceptors (Lipinski definition) is 3. The topological polar surface area (TPSA) is 29.3 Å². The molecule has 9 heavy (non-hydrogen) atoms. The second-order valence-corrected chi connectivity index (χ2v) is 4.07. The SMILES string of the molecule is CC(C)SN(C)CCN. The lowest BCUT2D eigenvalue weighted by Gasteiger charge is -2.15. The van der Waals surface area contributed by atoms with E-state index in [0.717, 1.165) is 13.1 Å². The molecule has 0 aliphatic carbocycles. The third-order valence-corrected chi connectivity index (χ3v) is 1.80. The summed E-state index contributed by atoms with van der Waals surface area (Å²) in [5.74, 6) is 0. The summed E-state index contributed by atoms with van der Waals surface area (Å²) in [6, 6.07) is 0. The van der Waals surface area contributed by atoms with Crippen LogP contribution in [-0.4, -0.2) is 29.7 Å². The van der Waals surface area contributed by atoms with Gasteiger partial charge in [-0.25, -0.2) is 0 Å². The monoisotopic (exact) mass is 148 g/mol. The van der Waals surface area contributed by atoms with Crippen molar-refractivity contribution in [3.8, 4) is 0 Å². The van der Waals surface area contributed by atoms with Gasteiger partial charge in [0.05, 0.1) is 0 Å². The lowest BCUT2D eigenvalue weighted by Crippen LogP contribution is -2.20. The Morgan fingerprint density at radius 1 is 1.56 bits per heavy atom. The van der Waals surface area contributed by atoms with E-state index >= 15 is 0 Å². The molecule has 0 atom stereocenters. The Morgan fingerprint density at radius 2 is 2.11 bits per heavy atom. The molecule has 2 N–H and O–H groups in total. The van der Waals surface area contributed by atoms with Crippen LogP contribution in [0, 0.1) is 0 Å². The van der Waals surface area contributed by atoms with Crippen LogP contribution in [0.5, 0.6) is 0 Å². The second-order valence-electron chi connectivity index (χ2n) is 2.29. The molecule has 0 aliphatic rings. The number of nitrogens with zero attached hydrogens (tertiary/aromatic N) is 1. The van der Waals surface area contributed by atoms with Crippen LogP contribution < -0.4 is 5.73 Å². The summed E-state index contributed by atoms with van der Waals surface area (Å²) in [5.41, 5.74) is 5.35. The number of rotatable bonds is 4. The van der Waals surface area contributed by atoms with Gasteiger partial charge in [0.25, 0.3) is 0 Å². The van der Waals surface area contributed by atoms with E-state index in [2.05, 4.69) is 25.2 Å². The quantitative estimate of drug-likeness (QED) is 0.601. The molecule has 0 aromatic rings. The Kier molecular flexibility index (Phi) is 5.24. The van der Waals surface area contributed by atoms with Crippen molar-refractivity contribution in [2.75, 3.05) is 20.1 Å². The van der Waals surface area contributed by atoms with Crippen molar-refractivity contribution < 1.29 is 0 Å². The van der Waals surface area contributed by atoms with E-state index in [9.17, 15) is 0 Å². The zero-order valence-corrected chi connectivity index (χ0v) is 7.24. The molecule has 0 amide bonds. The van der Waals surface area contributed by atoms with Crippen molar-refractivity contribution in [1.82, 2.24) is 4.31 Å². The standard InChI is InChI=1S/C6H16N2S/c1-6(2)9-8(3)5-4-7/h6H,4-5,7H2,1-3H3. The molecule has 0 rings (SSSR count). The molecular weight excluding hydrogens is 132 g/mol. The first-order chi connectivity index (χ1) is 4.16. The van der Waals surface area contributed by atoms with Gasteiger partial charge in [-0.3, -0.25) is 4.31 Å². The van der Waals surface area contributed by atoms with Crippen LogP contribution in [0.1, 0.15) is 13.8 Å². The van der Waals surface area contributed by atoms with Crippen molar-refractivity contribution in [2.45, 2.75) is 19.1 Å². The smallest absolute Gasteiger partial charge is 0.0209 e. The summed E-state index contributed by atoms with van der Waals surface area (Å²) in [7, 11) is 2.07. The van der Waals surface area contributed by atoms with Gasteiger partial charge >= 0.3 is 0 Å². The van der Waals surface area contributed by atoms with Crippen LogP contribution in [0.25, 0.3) is 0 Å². The van der Waals surface area contributed by atoms with Gasteiger partial charge < -0.3 is 5.73 Å². The predicted octanol–water partition coefficient (Wildman–Crippen LogP) is 0.933. The molecule has 0 fully saturated rings. The Hall–Kier alpha value is 0.270. The summed E-state index contributed by atoms with van der Waals surface area (Å²) in [6.45, 7) is 6.08. The van der Waals surface area contributed by atoms with Crippen molar-refractivity contribution in [3.05, 3.63) is 0 Å². The molecular formula is C6H16N2S. The van der Waals surface area contributed by atoms with Crippen LogP contribution in [0.3, 0.4) is 0 Å². The molecule has 0 unspecified atom stereocenters. The Balaban J connectivity index is 3.15. The highest BCUT2D eigenvalue weighted by Crippen LogP contribution is 2.11. The van der Waals surface area contributed by atoms with E-state index in [1.807, 2.05) is 11.9 Å². The van der Waals surface area contributed by atoms with Crippen molar-refractivity contribution in [2.24, 2.45) is 5.73 Å². The lowest BCUT2D eigenvalue weighted by molar-refractivity contribution is 0.573. The summed E-state index contributed by atoms with van der Waals surface area (Å²) in [5, 5.41) is 0.668. The molecule has 0 aromatic heterocycles. The molecule has 3 heteroatoms. The molecule has 0 aliphatic heterocycles. The van der Waals surface area contributed by atoms with Crippen molar-refractivity contribution in [3.63, 3.8) is 0 Å². The molecule has 0 radical (unpaired) electrons. The Labute approximate surface area is 61.9 Å². The first-order valence-electron chi connectivity index (χ1n) is 3.24. The van der Waals surface area contributed by atoms with Gasteiger partial charge in [0.1, 0.15) is 0 Å². The van der Waals surface area contributed by atoms with Crippen LogP contribution in [0.15, 0.2) is 0 Å². The van der Waals surface area contributed by atoms with Crippen LogP contribution >= 0.6 is 11.9 Å².